The first-order valence-electron chi connectivity index (χ1n) is 6.87. The third-order valence-electron chi connectivity index (χ3n) is 4.12. The van der Waals surface area contributed by atoms with Crippen LogP contribution < -0.4 is 10.5 Å². The van der Waals surface area contributed by atoms with E-state index in [2.05, 4.69) is 31.0 Å². The van der Waals surface area contributed by atoms with Crippen molar-refractivity contribution in [3.63, 3.8) is 0 Å². The Morgan fingerprint density at radius 2 is 2.21 bits per heavy atom. The predicted octanol–water partition coefficient (Wildman–Crippen LogP) is 2.86. The molecule has 1 aliphatic rings. The number of nitrogens with two attached hydrogens (primary N) is 1. The van der Waals surface area contributed by atoms with Crippen LogP contribution in [0, 0.1) is 5.92 Å². The van der Waals surface area contributed by atoms with Crippen LogP contribution in [0.1, 0.15) is 30.5 Å². The van der Waals surface area contributed by atoms with E-state index in [1.54, 1.807) is 7.11 Å². The van der Waals surface area contributed by atoms with E-state index in [0.29, 0.717) is 17.0 Å². The second-order valence-electron chi connectivity index (χ2n) is 5.33. The number of hydrogen-bond acceptors (Lipinski definition) is 3. The zero-order valence-electron chi connectivity index (χ0n) is 11.9. The maximum absolute atomic E-state index is 6.29. The van der Waals surface area contributed by atoms with Gasteiger partial charge in [0.25, 0.3) is 0 Å². The summed E-state index contributed by atoms with van der Waals surface area (Å²) >= 11 is 6.29. The molecule has 4 heteroatoms. The summed E-state index contributed by atoms with van der Waals surface area (Å²) in [7, 11) is 3.82. The van der Waals surface area contributed by atoms with Gasteiger partial charge in [0.05, 0.1) is 12.1 Å². The molecule has 0 aromatic heterocycles. The lowest BCUT2D eigenvalue weighted by Crippen LogP contribution is -2.21. The van der Waals surface area contributed by atoms with Crippen molar-refractivity contribution in [2.75, 3.05) is 27.2 Å². The number of aryl methyl sites for hydroxylation is 1. The van der Waals surface area contributed by atoms with Crippen molar-refractivity contribution in [2.45, 2.75) is 25.8 Å². The Balaban J connectivity index is 2.36. The summed E-state index contributed by atoms with van der Waals surface area (Å²) in [5, 5.41) is 0.694. The van der Waals surface area contributed by atoms with Crippen LogP contribution >= 0.6 is 11.6 Å². The van der Waals surface area contributed by atoms with Gasteiger partial charge in [0.1, 0.15) is 5.75 Å². The molecule has 0 aliphatic carbocycles. The maximum atomic E-state index is 6.29. The van der Waals surface area contributed by atoms with E-state index >= 15 is 0 Å². The van der Waals surface area contributed by atoms with E-state index in [9.17, 15) is 0 Å². The number of rotatable bonds is 4. The van der Waals surface area contributed by atoms with Crippen molar-refractivity contribution in [1.29, 1.82) is 0 Å². The van der Waals surface area contributed by atoms with E-state index < -0.39 is 0 Å². The van der Waals surface area contributed by atoms with Crippen molar-refractivity contribution >= 4 is 11.6 Å². The van der Waals surface area contributed by atoms with Gasteiger partial charge in [-0.3, -0.25) is 4.90 Å². The number of hydrogen-bond donors (Lipinski definition) is 1. The van der Waals surface area contributed by atoms with E-state index in [4.69, 9.17) is 22.1 Å². The molecule has 0 amide bonds. The lowest BCUT2D eigenvalue weighted by molar-refractivity contribution is 0.312. The van der Waals surface area contributed by atoms with Crippen LogP contribution in [-0.2, 0) is 6.42 Å². The maximum Gasteiger partial charge on any atom is 0.137 e. The molecule has 1 saturated heterocycles. The summed E-state index contributed by atoms with van der Waals surface area (Å²) in [6.07, 6.45) is 2.10. The monoisotopic (exact) mass is 282 g/mol. The smallest absolute Gasteiger partial charge is 0.137 e. The van der Waals surface area contributed by atoms with Gasteiger partial charge in [0.2, 0.25) is 0 Å². The molecule has 0 bridgehead atoms. The molecule has 2 unspecified atom stereocenters. The van der Waals surface area contributed by atoms with Gasteiger partial charge in [0.15, 0.2) is 0 Å². The lowest BCUT2D eigenvalue weighted by Gasteiger charge is -2.23. The SMILES string of the molecule is CCc1cc(OC)c(Cl)cc1C1CC(CN)CN1C. The van der Waals surface area contributed by atoms with E-state index in [0.717, 1.165) is 31.7 Å². The molecule has 106 valence electrons. The summed E-state index contributed by atoms with van der Waals surface area (Å²) < 4.78 is 5.31. The molecule has 3 nitrogen and oxygen atoms in total. The van der Waals surface area contributed by atoms with Gasteiger partial charge in [0, 0.05) is 12.6 Å². The molecular weight excluding hydrogens is 260 g/mol. The van der Waals surface area contributed by atoms with E-state index in [1.165, 1.54) is 11.1 Å². The minimum atomic E-state index is 0.423. The van der Waals surface area contributed by atoms with Crippen molar-refractivity contribution in [3.05, 3.63) is 28.3 Å². The van der Waals surface area contributed by atoms with Crippen LogP contribution in [-0.4, -0.2) is 32.1 Å². The van der Waals surface area contributed by atoms with Gasteiger partial charge in [-0.1, -0.05) is 18.5 Å². The lowest BCUT2D eigenvalue weighted by atomic mass is 9.94. The topological polar surface area (TPSA) is 38.5 Å². The molecule has 1 fully saturated rings. The number of ether oxygens (including phenoxy) is 1. The Kier molecular flexibility index (Phi) is 4.71. The summed E-state index contributed by atoms with van der Waals surface area (Å²) in [5.41, 5.74) is 8.45. The second-order valence-corrected chi connectivity index (χ2v) is 5.74. The third kappa shape index (κ3) is 2.88. The van der Waals surface area contributed by atoms with Crippen LogP contribution in [0.5, 0.6) is 5.75 Å². The summed E-state index contributed by atoms with van der Waals surface area (Å²) in [4.78, 5) is 2.38. The minimum absolute atomic E-state index is 0.423. The standard InChI is InChI=1S/C15H23ClN2O/c1-4-11-6-15(19-3)13(16)7-12(11)14-5-10(8-17)9-18(14)2/h6-7,10,14H,4-5,8-9,17H2,1-3H3. The zero-order chi connectivity index (χ0) is 14.0. The Morgan fingerprint density at radius 1 is 1.47 bits per heavy atom. The molecule has 1 aliphatic heterocycles. The number of benzene rings is 1. The minimum Gasteiger partial charge on any atom is -0.495 e. The van der Waals surface area contributed by atoms with Gasteiger partial charge < -0.3 is 10.5 Å². The number of likely N-dealkylation sites (tertiary alicyclic amines) is 1. The molecule has 2 rings (SSSR count). The van der Waals surface area contributed by atoms with Gasteiger partial charge in [-0.2, -0.15) is 0 Å². The summed E-state index contributed by atoms with van der Waals surface area (Å²) in [6.45, 7) is 3.99. The van der Waals surface area contributed by atoms with E-state index in [1.807, 2.05) is 0 Å². The van der Waals surface area contributed by atoms with Crippen molar-refractivity contribution in [2.24, 2.45) is 11.7 Å². The molecule has 1 aromatic carbocycles. The van der Waals surface area contributed by atoms with Crippen LogP contribution in [0.3, 0.4) is 0 Å². The zero-order valence-corrected chi connectivity index (χ0v) is 12.7. The fourth-order valence-corrected chi connectivity index (χ4v) is 3.27. The van der Waals surface area contributed by atoms with Gasteiger partial charge in [-0.05, 0) is 55.6 Å². The average Bonchev–Trinajstić information content (AvgIpc) is 2.79. The molecular formula is C15H23ClN2O. The first-order chi connectivity index (χ1) is 9.10. The first-order valence-corrected chi connectivity index (χ1v) is 7.25. The highest BCUT2D eigenvalue weighted by Gasteiger charge is 2.31. The van der Waals surface area contributed by atoms with Crippen molar-refractivity contribution < 1.29 is 4.74 Å². The molecule has 0 saturated carbocycles. The highest BCUT2D eigenvalue weighted by molar-refractivity contribution is 6.32. The molecule has 0 spiro atoms. The Labute approximate surface area is 120 Å². The molecule has 0 radical (unpaired) electrons. The largest absolute Gasteiger partial charge is 0.495 e. The Morgan fingerprint density at radius 3 is 2.74 bits per heavy atom. The van der Waals surface area contributed by atoms with Gasteiger partial charge >= 0.3 is 0 Å². The highest BCUT2D eigenvalue weighted by atomic mass is 35.5. The highest BCUT2D eigenvalue weighted by Crippen LogP contribution is 2.39. The molecule has 2 atom stereocenters. The van der Waals surface area contributed by atoms with Crippen LogP contribution in [0.15, 0.2) is 12.1 Å². The number of halogens is 1. The first kappa shape index (κ1) is 14.6. The van der Waals surface area contributed by atoms with Crippen molar-refractivity contribution in [1.82, 2.24) is 4.90 Å². The van der Waals surface area contributed by atoms with Gasteiger partial charge in [-0.15, -0.1) is 0 Å². The number of methoxy groups -OCH3 is 1. The molecule has 19 heavy (non-hydrogen) atoms. The van der Waals surface area contributed by atoms with Gasteiger partial charge in [-0.25, -0.2) is 0 Å². The summed E-state index contributed by atoms with van der Waals surface area (Å²) in [5.74, 6) is 1.35. The number of nitrogens with zero attached hydrogens (tertiary/aromatic N) is 1. The average molecular weight is 283 g/mol. The van der Waals surface area contributed by atoms with Crippen LogP contribution in [0.2, 0.25) is 5.02 Å². The van der Waals surface area contributed by atoms with E-state index in [-0.39, 0.29) is 0 Å². The van der Waals surface area contributed by atoms with Crippen LogP contribution in [0.4, 0.5) is 0 Å². The normalized spacial score (nSPS) is 23.8. The molecule has 2 N–H and O–H groups in total. The predicted molar refractivity (Wildman–Crippen MR) is 79.9 cm³/mol. The Bertz CT molecular complexity index is 450. The van der Waals surface area contributed by atoms with Crippen LogP contribution in [0.25, 0.3) is 0 Å². The third-order valence-corrected chi connectivity index (χ3v) is 4.42. The summed E-state index contributed by atoms with van der Waals surface area (Å²) in [6, 6.07) is 4.56. The Hall–Kier alpha value is -0.770. The fourth-order valence-electron chi connectivity index (χ4n) is 3.02. The molecule has 1 heterocycles. The quantitative estimate of drug-likeness (QED) is 0.923. The van der Waals surface area contributed by atoms with Crippen molar-refractivity contribution in [3.8, 4) is 5.75 Å². The second kappa shape index (κ2) is 6.12. The molecule has 1 aromatic rings. The fraction of sp³-hybridized carbons (Fsp3) is 0.600.